The third-order valence-electron chi connectivity index (χ3n) is 4.26. The number of nitrogens with one attached hydrogen (secondary N) is 1. The summed E-state index contributed by atoms with van der Waals surface area (Å²) in [5.74, 6) is 0.346. The Morgan fingerprint density at radius 3 is 2.40 bits per heavy atom. The molecule has 3 rings (SSSR count). The molecule has 0 fully saturated rings. The molecule has 0 saturated carbocycles. The Bertz CT molecular complexity index is 1080. The van der Waals surface area contributed by atoms with E-state index in [1.807, 2.05) is 48.5 Å². The van der Waals surface area contributed by atoms with E-state index < -0.39 is 10.0 Å². The summed E-state index contributed by atoms with van der Waals surface area (Å²) < 4.78 is 26.3. The highest BCUT2D eigenvalue weighted by molar-refractivity contribution is 7.99. The molecule has 1 amide bonds. The van der Waals surface area contributed by atoms with Gasteiger partial charge < -0.3 is 5.32 Å². The minimum absolute atomic E-state index is 0.152. The number of amides is 1. The number of nitrogens with zero attached hydrogens (tertiary/aromatic N) is 2. The van der Waals surface area contributed by atoms with Gasteiger partial charge in [-0.15, -0.1) is 11.8 Å². The molecule has 0 atom stereocenters. The van der Waals surface area contributed by atoms with Crippen LogP contribution in [0.25, 0.3) is 0 Å². The van der Waals surface area contributed by atoms with Gasteiger partial charge in [-0.3, -0.25) is 9.10 Å². The van der Waals surface area contributed by atoms with Crippen molar-refractivity contribution in [3.05, 3.63) is 90.1 Å². The Hall–Kier alpha value is -2.84. The molecule has 30 heavy (non-hydrogen) atoms. The number of rotatable bonds is 9. The van der Waals surface area contributed by atoms with Crippen molar-refractivity contribution >= 4 is 33.4 Å². The van der Waals surface area contributed by atoms with Gasteiger partial charge in [-0.05, 0) is 29.8 Å². The molecule has 1 N–H and O–H groups in total. The first-order chi connectivity index (χ1) is 14.4. The van der Waals surface area contributed by atoms with E-state index in [-0.39, 0.29) is 12.5 Å². The summed E-state index contributed by atoms with van der Waals surface area (Å²) in [6.45, 7) is 0.589. The van der Waals surface area contributed by atoms with Crippen LogP contribution in [0.5, 0.6) is 0 Å². The van der Waals surface area contributed by atoms with E-state index in [0.29, 0.717) is 23.5 Å². The molecule has 2 aromatic carbocycles. The molecule has 0 aliphatic rings. The van der Waals surface area contributed by atoms with Crippen molar-refractivity contribution in [3.63, 3.8) is 0 Å². The number of carbonyl (C=O) groups excluding carboxylic acids is 1. The van der Waals surface area contributed by atoms with Gasteiger partial charge in [0.25, 0.3) is 5.91 Å². The minimum Gasteiger partial charge on any atom is -0.351 e. The average Bonchev–Trinajstić information content (AvgIpc) is 2.75. The van der Waals surface area contributed by atoms with Gasteiger partial charge in [0.1, 0.15) is 0 Å². The largest absolute Gasteiger partial charge is 0.351 e. The lowest BCUT2D eigenvalue weighted by atomic mass is 10.1. The molecule has 1 heterocycles. The van der Waals surface area contributed by atoms with E-state index >= 15 is 0 Å². The summed E-state index contributed by atoms with van der Waals surface area (Å²) in [6, 6.07) is 21.7. The standard InChI is InChI=1S/C22H23N3O3S2/c1-30(27,28)25(17-18-9-3-2-4-10-18)20-12-6-5-11-19(20)22(26)24-15-16-29-21-13-7-8-14-23-21/h2-14H,15-17H2,1H3,(H,24,26). The molecule has 6 nitrogen and oxygen atoms in total. The second-order valence-electron chi connectivity index (χ2n) is 6.54. The lowest BCUT2D eigenvalue weighted by Crippen LogP contribution is -2.33. The van der Waals surface area contributed by atoms with Crippen LogP contribution >= 0.6 is 11.8 Å². The van der Waals surface area contributed by atoms with Gasteiger partial charge in [-0.2, -0.15) is 0 Å². The second kappa shape index (κ2) is 10.3. The summed E-state index contributed by atoms with van der Waals surface area (Å²) in [5, 5.41) is 3.76. The Morgan fingerprint density at radius 2 is 1.70 bits per heavy atom. The maximum absolute atomic E-state index is 12.8. The molecule has 156 valence electrons. The number of carbonyl (C=O) groups is 1. The second-order valence-corrected chi connectivity index (χ2v) is 9.57. The van der Waals surface area contributed by atoms with Crippen molar-refractivity contribution in [2.24, 2.45) is 0 Å². The number of anilines is 1. The zero-order valence-corrected chi connectivity index (χ0v) is 18.2. The monoisotopic (exact) mass is 441 g/mol. The number of sulfonamides is 1. The topological polar surface area (TPSA) is 79.4 Å². The molecule has 0 bridgehead atoms. The molecule has 0 unspecified atom stereocenters. The van der Waals surface area contributed by atoms with E-state index in [4.69, 9.17) is 0 Å². The van der Waals surface area contributed by atoms with E-state index in [1.54, 1.807) is 42.2 Å². The van der Waals surface area contributed by atoms with Crippen LogP contribution < -0.4 is 9.62 Å². The number of pyridine rings is 1. The molecule has 0 spiro atoms. The Kier molecular flexibility index (Phi) is 7.48. The zero-order valence-electron chi connectivity index (χ0n) is 16.6. The Labute approximate surface area is 181 Å². The summed E-state index contributed by atoms with van der Waals surface area (Å²) in [4.78, 5) is 17.0. The number of thioether (sulfide) groups is 1. The van der Waals surface area contributed by atoms with Gasteiger partial charge >= 0.3 is 0 Å². The predicted octanol–water partition coefficient (Wildman–Crippen LogP) is 3.57. The van der Waals surface area contributed by atoms with Crippen LogP contribution in [0.1, 0.15) is 15.9 Å². The van der Waals surface area contributed by atoms with Crippen molar-refractivity contribution in [3.8, 4) is 0 Å². The molecular formula is C22H23N3O3S2. The van der Waals surface area contributed by atoms with Crippen molar-refractivity contribution in [2.45, 2.75) is 11.6 Å². The normalized spacial score (nSPS) is 11.1. The molecule has 0 saturated heterocycles. The summed E-state index contributed by atoms with van der Waals surface area (Å²) in [6.07, 6.45) is 2.87. The van der Waals surface area contributed by atoms with Crippen LogP contribution in [0.3, 0.4) is 0 Å². The van der Waals surface area contributed by atoms with E-state index in [9.17, 15) is 13.2 Å². The lowest BCUT2D eigenvalue weighted by molar-refractivity contribution is 0.0957. The highest BCUT2D eigenvalue weighted by Gasteiger charge is 2.23. The van der Waals surface area contributed by atoms with E-state index in [0.717, 1.165) is 16.8 Å². The quantitative estimate of drug-likeness (QED) is 0.406. The molecule has 3 aromatic rings. The zero-order chi connectivity index (χ0) is 21.4. The van der Waals surface area contributed by atoms with Crippen LogP contribution in [0.2, 0.25) is 0 Å². The average molecular weight is 442 g/mol. The molecule has 0 aliphatic carbocycles. The van der Waals surface area contributed by atoms with Gasteiger partial charge in [-0.25, -0.2) is 13.4 Å². The van der Waals surface area contributed by atoms with E-state index in [2.05, 4.69) is 10.3 Å². The van der Waals surface area contributed by atoms with Gasteiger partial charge in [0.05, 0.1) is 29.1 Å². The maximum Gasteiger partial charge on any atom is 0.253 e. The number of para-hydroxylation sites is 1. The van der Waals surface area contributed by atoms with Gasteiger partial charge in [0.2, 0.25) is 10.0 Å². The SMILES string of the molecule is CS(=O)(=O)N(Cc1ccccc1)c1ccccc1C(=O)NCCSc1ccccn1. The smallest absolute Gasteiger partial charge is 0.253 e. The first-order valence-corrected chi connectivity index (χ1v) is 12.2. The molecule has 0 aliphatic heterocycles. The van der Waals surface area contributed by atoms with Crippen LogP contribution in [0.15, 0.2) is 84.0 Å². The Morgan fingerprint density at radius 1 is 1.00 bits per heavy atom. The Balaban J connectivity index is 1.73. The van der Waals surface area contributed by atoms with Crippen LogP contribution in [0, 0.1) is 0 Å². The van der Waals surface area contributed by atoms with Crippen molar-refractivity contribution in [2.75, 3.05) is 22.9 Å². The summed E-state index contributed by atoms with van der Waals surface area (Å²) in [7, 11) is -3.59. The highest BCUT2D eigenvalue weighted by atomic mass is 32.2. The van der Waals surface area contributed by atoms with Crippen LogP contribution in [0.4, 0.5) is 5.69 Å². The van der Waals surface area contributed by atoms with Gasteiger partial charge in [0, 0.05) is 18.5 Å². The van der Waals surface area contributed by atoms with Crippen LogP contribution in [-0.4, -0.2) is 37.9 Å². The number of hydrogen-bond acceptors (Lipinski definition) is 5. The van der Waals surface area contributed by atoms with Crippen molar-refractivity contribution < 1.29 is 13.2 Å². The lowest BCUT2D eigenvalue weighted by Gasteiger charge is -2.24. The molecule has 8 heteroatoms. The molecular weight excluding hydrogens is 418 g/mol. The first kappa shape index (κ1) is 21.9. The van der Waals surface area contributed by atoms with Crippen molar-refractivity contribution in [1.29, 1.82) is 0 Å². The van der Waals surface area contributed by atoms with Gasteiger partial charge in [-0.1, -0.05) is 48.5 Å². The fourth-order valence-corrected chi connectivity index (χ4v) is 4.48. The summed E-state index contributed by atoms with van der Waals surface area (Å²) >= 11 is 1.54. The molecule has 1 aromatic heterocycles. The molecule has 0 radical (unpaired) electrons. The summed E-state index contributed by atoms with van der Waals surface area (Å²) in [5.41, 5.74) is 1.52. The number of hydrogen-bond donors (Lipinski definition) is 1. The van der Waals surface area contributed by atoms with E-state index in [1.165, 1.54) is 4.31 Å². The van der Waals surface area contributed by atoms with Crippen molar-refractivity contribution in [1.82, 2.24) is 10.3 Å². The fourth-order valence-electron chi connectivity index (χ4n) is 2.86. The number of aromatic nitrogens is 1. The van der Waals surface area contributed by atoms with Crippen LogP contribution in [-0.2, 0) is 16.6 Å². The maximum atomic E-state index is 12.8. The fraction of sp³-hybridized carbons (Fsp3) is 0.182. The first-order valence-electron chi connectivity index (χ1n) is 9.38. The third kappa shape index (κ3) is 6.08. The minimum atomic E-state index is -3.59. The highest BCUT2D eigenvalue weighted by Crippen LogP contribution is 2.25. The predicted molar refractivity (Wildman–Crippen MR) is 121 cm³/mol. The third-order valence-corrected chi connectivity index (χ3v) is 6.33. The number of benzene rings is 2. The van der Waals surface area contributed by atoms with Gasteiger partial charge in [0.15, 0.2) is 0 Å².